The van der Waals surface area contributed by atoms with Gasteiger partial charge in [0.05, 0.1) is 12.2 Å². The van der Waals surface area contributed by atoms with Gasteiger partial charge in [-0.1, -0.05) is 30.3 Å². The number of benzene rings is 1. The molecule has 3 N–H and O–H groups in total. The maximum absolute atomic E-state index is 11.2. The Morgan fingerprint density at radius 1 is 1.26 bits per heavy atom. The molecule has 6 nitrogen and oxygen atoms in total. The van der Waals surface area contributed by atoms with E-state index in [9.17, 15) is 13.2 Å². The van der Waals surface area contributed by atoms with Gasteiger partial charge < -0.3 is 10.4 Å². The van der Waals surface area contributed by atoms with Crippen molar-refractivity contribution in [3.8, 4) is 0 Å². The Morgan fingerprint density at radius 2 is 1.89 bits per heavy atom. The summed E-state index contributed by atoms with van der Waals surface area (Å²) in [6.07, 6.45) is 1.08. The van der Waals surface area contributed by atoms with Gasteiger partial charge in [0.2, 0.25) is 10.0 Å². The summed E-state index contributed by atoms with van der Waals surface area (Å²) in [5.41, 5.74) is 0.721. The molecule has 0 radical (unpaired) electrons. The monoisotopic (exact) mass is 286 g/mol. The number of carbonyl (C=O) groups is 1. The van der Waals surface area contributed by atoms with Crippen LogP contribution in [-0.2, 0) is 14.8 Å². The summed E-state index contributed by atoms with van der Waals surface area (Å²) >= 11 is 0. The fourth-order valence-electron chi connectivity index (χ4n) is 1.60. The average Bonchev–Trinajstić information content (AvgIpc) is 2.33. The van der Waals surface area contributed by atoms with Crippen LogP contribution in [0.5, 0.6) is 0 Å². The van der Waals surface area contributed by atoms with Crippen molar-refractivity contribution in [2.24, 2.45) is 0 Å². The second kappa shape index (κ2) is 7.22. The number of aliphatic carboxylic acids is 1. The molecule has 0 aliphatic heterocycles. The Balaban J connectivity index is 2.42. The highest BCUT2D eigenvalue weighted by molar-refractivity contribution is 7.88. The minimum atomic E-state index is -3.20. The molecule has 0 aromatic heterocycles. The van der Waals surface area contributed by atoms with Gasteiger partial charge in [-0.15, -0.1) is 0 Å². The van der Waals surface area contributed by atoms with Gasteiger partial charge in [-0.05, 0) is 5.56 Å². The lowest BCUT2D eigenvalue weighted by Gasteiger charge is -2.13. The van der Waals surface area contributed by atoms with Crippen molar-refractivity contribution in [2.45, 2.75) is 5.92 Å². The van der Waals surface area contributed by atoms with Crippen LogP contribution in [0.15, 0.2) is 30.3 Å². The van der Waals surface area contributed by atoms with Gasteiger partial charge in [-0.3, -0.25) is 4.79 Å². The summed E-state index contributed by atoms with van der Waals surface area (Å²) in [5.74, 6) is -1.55. The lowest BCUT2D eigenvalue weighted by atomic mass is 9.99. The zero-order chi connectivity index (χ0) is 14.3. The largest absolute Gasteiger partial charge is 0.481 e. The molecule has 0 fully saturated rings. The molecule has 0 aliphatic rings. The van der Waals surface area contributed by atoms with Crippen LogP contribution in [0.25, 0.3) is 0 Å². The smallest absolute Gasteiger partial charge is 0.312 e. The van der Waals surface area contributed by atoms with E-state index in [0.29, 0.717) is 6.54 Å². The first-order chi connectivity index (χ1) is 8.90. The van der Waals surface area contributed by atoms with Crippen LogP contribution in [0.4, 0.5) is 0 Å². The van der Waals surface area contributed by atoms with E-state index in [-0.39, 0.29) is 13.1 Å². The second-order valence-corrected chi connectivity index (χ2v) is 6.01. The molecule has 0 saturated heterocycles. The predicted molar refractivity (Wildman–Crippen MR) is 72.5 cm³/mol. The SMILES string of the molecule is CS(=O)(=O)NCCNCC(C(=O)O)c1ccccc1. The zero-order valence-electron chi connectivity index (χ0n) is 10.7. The van der Waals surface area contributed by atoms with Crippen LogP contribution >= 0.6 is 0 Å². The molecule has 0 spiro atoms. The minimum absolute atomic E-state index is 0.236. The van der Waals surface area contributed by atoms with Crippen LogP contribution < -0.4 is 10.0 Å². The quantitative estimate of drug-likeness (QED) is 0.584. The van der Waals surface area contributed by atoms with Gasteiger partial charge in [-0.25, -0.2) is 13.1 Å². The van der Waals surface area contributed by atoms with Gasteiger partial charge in [0, 0.05) is 19.6 Å². The van der Waals surface area contributed by atoms with Crippen molar-refractivity contribution >= 4 is 16.0 Å². The van der Waals surface area contributed by atoms with E-state index in [0.717, 1.165) is 11.8 Å². The van der Waals surface area contributed by atoms with Gasteiger partial charge in [0.15, 0.2) is 0 Å². The van der Waals surface area contributed by atoms with Crippen molar-refractivity contribution in [1.82, 2.24) is 10.0 Å². The van der Waals surface area contributed by atoms with Gasteiger partial charge in [0.25, 0.3) is 0 Å². The van der Waals surface area contributed by atoms with E-state index >= 15 is 0 Å². The van der Waals surface area contributed by atoms with E-state index in [1.165, 1.54) is 0 Å². The van der Waals surface area contributed by atoms with Gasteiger partial charge >= 0.3 is 5.97 Å². The molecular weight excluding hydrogens is 268 g/mol. The van der Waals surface area contributed by atoms with Crippen molar-refractivity contribution in [3.05, 3.63) is 35.9 Å². The molecule has 1 atom stereocenters. The van der Waals surface area contributed by atoms with E-state index < -0.39 is 21.9 Å². The highest BCUT2D eigenvalue weighted by Gasteiger charge is 2.18. The molecule has 0 bridgehead atoms. The topological polar surface area (TPSA) is 95.5 Å². The number of hydrogen-bond acceptors (Lipinski definition) is 4. The third-order valence-electron chi connectivity index (χ3n) is 2.51. The van der Waals surface area contributed by atoms with E-state index in [1.54, 1.807) is 24.3 Å². The Bertz CT molecular complexity index is 502. The summed E-state index contributed by atoms with van der Waals surface area (Å²) < 4.78 is 24.0. The van der Waals surface area contributed by atoms with Gasteiger partial charge in [-0.2, -0.15) is 0 Å². The minimum Gasteiger partial charge on any atom is -0.481 e. The van der Waals surface area contributed by atoms with Crippen LogP contribution in [-0.4, -0.2) is 45.4 Å². The number of sulfonamides is 1. The van der Waals surface area contributed by atoms with E-state index in [4.69, 9.17) is 5.11 Å². The summed E-state index contributed by atoms with van der Waals surface area (Å²) in [6, 6.07) is 8.92. The maximum Gasteiger partial charge on any atom is 0.312 e. The molecule has 7 heteroatoms. The number of nitrogens with one attached hydrogen (secondary N) is 2. The predicted octanol–water partition coefficient (Wildman–Crippen LogP) is -0.00640. The molecule has 0 aliphatic carbocycles. The van der Waals surface area contributed by atoms with Crippen molar-refractivity contribution in [1.29, 1.82) is 0 Å². The molecule has 0 saturated carbocycles. The summed E-state index contributed by atoms with van der Waals surface area (Å²) in [5, 5.41) is 12.1. The number of rotatable bonds is 8. The third kappa shape index (κ3) is 6.32. The Kier molecular flexibility index (Phi) is 5.94. The van der Waals surface area contributed by atoms with Crippen molar-refractivity contribution < 1.29 is 18.3 Å². The molecule has 0 heterocycles. The van der Waals surface area contributed by atoms with Crippen molar-refractivity contribution in [3.63, 3.8) is 0 Å². The average molecular weight is 286 g/mol. The standard InChI is InChI=1S/C12H18N2O4S/c1-19(17,18)14-8-7-13-9-11(12(15)16)10-5-3-2-4-6-10/h2-6,11,13-14H,7-9H2,1H3,(H,15,16). The fraction of sp³-hybridized carbons (Fsp3) is 0.417. The third-order valence-corrected chi connectivity index (χ3v) is 3.24. The van der Waals surface area contributed by atoms with Crippen LogP contribution in [0.3, 0.4) is 0 Å². The number of carboxylic acids is 1. The highest BCUT2D eigenvalue weighted by Crippen LogP contribution is 2.14. The molecular formula is C12H18N2O4S. The molecule has 1 aromatic rings. The normalized spacial score (nSPS) is 13.1. The first-order valence-corrected chi connectivity index (χ1v) is 7.72. The molecule has 1 rings (SSSR count). The summed E-state index contributed by atoms with van der Waals surface area (Å²) in [6.45, 7) is 0.869. The molecule has 1 unspecified atom stereocenters. The molecule has 0 amide bonds. The first-order valence-electron chi connectivity index (χ1n) is 5.83. The molecule has 19 heavy (non-hydrogen) atoms. The number of carboxylic acid groups (broad SMARTS) is 1. The summed E-state index contributed by atoms with van der Waals surface area (Å²) in [7, 11) is -3.20. The van der Waals surface area contributed by atoms with Crippen molar-refractivity contribution in [2.75, 3.05) is 25.9 Å². The van der Waals surface area contributed by atoms with E-state index in [2.05, 4.69) is 10.0 Å². The Hall–Kier alpha value is -1.44. The molecule has 1 aromatic carbocycles. The zero-order valence-corrected chi connectivity index (χ0v) is 11.5. The fourth-order valence-corrected chi connectivity index (χ4v) is 2.08. The first kappa shape index (κ1) is 15.6. The lowest BCUT2D eigenvalue weighted by Crippen LogP contribution is -2.34. The lowest BCUT2D eigenvalue weighted by molar-refractivity contribution is -0.138. The molecule has 106 valence electrons. The Labute approximate surface area is 112 Å². The maximum atomic E-state index is 11.2. The number of hydrogen-bond donors (Lipinski definition) is 3. The van der Waals surface area contributed by atoms with Crippen LogP contribution in [0, 0.1) is 0 Å². The second-order valence-electron chi connectivity index (χ2n) is 4.17. The highest BCUT2D eigenvalue weighted by atomic mass is 32.2. The summed E-state index contributed by atoms with van der Waals surface area (Å²) in [4.78, 5) is 11.2. The van der Waals surface area contributed by atoms with Crippen LogP contribution in [0.2, 0.25) is 0 Å². The van der Waals surface area contributed by atoms with E-state index in [1.807, 2.05) is 6.07 Å². The van der Waals surface area contributed by atoms with Crippen LogP contribution in [0.1, 0.15) is 11.5 Å². The Morgan fingerprint density at radius 3 is 2.42 bits per heavy atom. The van der Waals surface area contributed by atoms with Gasteiger partial charge in [0.1, 0.15) is 0 Å².